The van der Waals surface area contributed by atoms with E-state index < -0.39 is 13.9 Å². The normalized spacial score (nSPS) is 10.1. The van der Waals surface area contributed by atoms with Gasteiger partial charge in [-0.05, 0) is 0 Å². The van der Waals surface area contributed by atoms with Crippen molar-refractivity contribution in [3.8, 4) is 0 Å². The van der Waals surface area contributed by atoms with Gasteiger partial charge in [-0.2, -0.15) is 0 Å². The Morgan fingerprint density at radius 1 is 1.57 bits per heavy atom. The maximum atomic E-state index is 9.35. The van der Waals surface area contributed by atoms with Gasteiger partial charge in [0, 0.05) is 6.29 Å². The molecule has 0 aliphatic rings. The standard InChI is InChI=1S/CH6NO3P.Zn/c2-1-6(3,4)5;/h1-2H2,(H2,3,4,5);/q;+2/p-2. The van der Waals surface area contributed by atoms with Crippen LogP contribution in [-0.2, 0) is 24.0 Å². The Hall–Kier alpha value is 0.733. The molecule has 0 saturated heterocycles. The third kappa shape index (κ3) is 10.8. The molecule has 6 heteroatoms. The van der Waals surface area contributed by atoms with Crippen molar-refractivity contribution in [3.05, 3.63) is 0 Å². The summed E-state index contributed by atoms with van der Waals surface area (Å²) < 4.78 is 9.35. The molecule has 0 aromatic carbocycles. The Bertz CT molecular complexity index is 79.0. The van der Waals surface area contributed by atoms with E-state index >= 15 is 0 Å². The number of nitrogens with two attached hydrogens (primary N) is 1. The average Bonchev–Trinajstić information content (AvgIpc) is 1.35. The topological polar surface area (TPSA) is 89.2 Å². The molecule has 0 spiro atoms. The van der Waals surface area contributed by atoms with Crippen molar-refractivity contribution >= 4 is 7.60 Å². The Kier molecular flexibility index (Phi) is 5.64. The van der Waals surface area contributed by atoms with Crippen LogP contribution in [0.4, 0.5) is 0 Å². The first kappa shape index (κ1) is 10.7. The molecule has 0 atom stereocenters. The van der Waals surface area contributed by atoms with E-state index in [1.54, 1.807) is 0 Å². The quantitative estimate of drug-likeness (QED) is 0.361. The third-order valence-corrected chi connectivity index (χ3v) is 0.671. The van der Waals surface area contributed by atoms with Crippen LogP contribution in [0.3, 0.4) is 0 Å². The van der Waals surface area contributed by atoms with Crippen molar-refractivity contribution in [2.75, 3.05) is 6.29 Å². The zero-order valence-corrected chi connectivity index (χ0v) is 7.53. The first-order valence-corrected chi connectivity index (χ1v) is 3.00. The van der Waals surface area contributed by atoms with E-state index in [1.165, 1.54) is 0 Å². The zero-order chi connectivity index (χ0) is 5.21. The van der Waals surface area contributed by atoms with Crippen LogP contribution in [0.15, 0.2) is 0 Å². The van der Waals surface area contributed by atoms with Crippen LogP contribution in [0.2, 0.25) is 0 Å². The maximum Gasteiger partial charge on any atom is 2.00 e. The second kappa shape index (κ2) is 3.70. The first-order chi connectivity index (χ1) is 2.56. The Morgan fingerprint density at radius 3 is 1.71 bits per heavy atom. The molecule has 0 saturated carbocycles. The molecule has 7 heavy (non-hydrogen) atoms. The van der Waals surface area contributed by atoms with Gasteiger partial charge in [0.2, 0.25) is 0 Å². The molecule has 4 nitrogen and oxygen atoms in total. The fourth-order valence-corrected chi connectivity index (χ4v) is 0. The maximum absolute atomic E-state index is 9.35. The van der Waals surface area contributed by atoms with Gasteiger partial charge in [0.25, 0.3) is 0 Å². The van der Waals surface area contributed by atoms with Crippen LogP contribution in [0.5, 0.6) is 0 Å². The van der Waals surface area contributed by atoms with E-state index in [2.05, 4.69) is 5.73 Å². The fraction of sp³-hybridized carbons (Fsp3) is 1.00. The van der Waals surface area contributed by atoms with E-state index in [9.17, 15) is 14.4 Å². The minimum atomic E-state index is -4.37. The van der Waals surface area contributed by atoms with Gasteiger partial charge in [0.05, 0.1) is 0 Å². The molecule has 0 unspecified atom stereocenters. The van der Waals surface area contributed by atoms with Gasteiger partial charge in [-0.15, -0.1) is 0 Å². The summed E-state index contributed by atoms with van der Waals surface area (Å²) in [6.45, 7) is 0. The van der Waals surface area contributed by atoms with Crippen LogP contribution in [0, 0.1) is 0 Å². The van der Waals surface area contributed by atoms with Gasteiger partial charge in [-0.25, -0.2) is 0 Å². The molecule has 0 aromatic rings. The first-order valence-electron chi connectivity index (χ1n) is 1.27. The summed E-state index contributed by atoms with van der Waals surface area (Å²) in [5, 5.41) is 0. The molecule has 38 valence electrons. The molecule has 0 radical (unpaired) electrons. The van der Waals surface area contributed by atoms with Crippen molar-refractivity contribution < 1.29 is 33.8 Å². The van der Waals surface area contributed by atoms with Gasteiger partial charge in [0.15, 0.2) is 0 Å². The van der Waals surface area contributed by atoms with Crippen molar-refractivity contribution in [2.45, 2.75) is 0 Å². The van der Waals surface area contributed by atoms with Gasteiger partial charge in [0.1, 0.15) is 0 Å². The van der Waals surface area contributed by atoms with Gasteiger partial charge >= 0.3 is 19.5 Å². The molecule has 2 N–H and O–H groups in total. The molecule has 0 aliphatic carbocycles. The molecule has 0 amide bonds. The molecule has 0 aliphatic heterocycles. The van der Waals surface area contributed by atoms with Crippen molar-refractivity contribution in [2.24, 2.45) is 5.73 Å². The number of rotatable bonds is 1. The van der Waals surface area contributed by atoms with Crippen LogP contribution in [0.1, 0.15) is 0 Å². The SMILES string of the molecule is NCP(=O)([O-])[O-].[Zn+2]. The van der Waals surface area contributed by atoms with Gasteiger partial charge < -0.3 is 20.1 Å². The second-order valence-electron chi connectivity index (χ2n) is 0.793. The molecule has 0 bridgehead atoms. The minimum Gasteiger partial charge on any atom is -0.810 e. The van der Waals surface area contributed by atoms with Crippen LogP contribution < -0.4 is 15.5 Å². The number of hydrogen-bond donors (Lipinski definition) is 1. The molecule has 0 aromatic heterocycles. The molecule has 0 fully saturated rings. The fourth-order valence-electron chi connectivity index (χ4n) is 0. The summed E-state index contributed by atoms with van der Waals surface area (Å²) in [4.78, 5) is 18.7. The average molecular weight is 174 g/mol. The Morgan fingerprint density at radius 2 is 1.71 bits per heavy atom. The minimum absolute atomic E-state index is 0. The van der Waals surface area contributed by atoms with Gasteiger partial charge in [-0.1, -0.05) is 7.60 Å². The third-order valence-electron chi connectivity index (χ3n) is 0.224. The van der Waals surface area contributed by atoms with E-state index in [-0.39, 0.29) is 19.5 Å². The van der Waals surface area contributed by atoms with E-state index in [4.69, 9.17) is 0 Å². The monoisotopic (exact) mass is 173 g/mol. The largest absolute Gasteiger partial charge is 2.00 e. The molecule has 0 rings (SSSR count). The summed E-state index contributed by atoms with van der Waals surface area (Å²) in [6.07, 6.45) is -0.785. The Labute approximate surface area is 54.0 Å². The smallest absolute Gasteiger partial charge is 0.810 e. The van der Waals surface area contributed by atoms with E-state index in [0.29, 0.717) is 0 Å². The Balaban J connectivity index is 0. The van der Waals surface area contributed by atoms with Crippen molar-refractivity contribution in [3.63, 3.8) is 0 Å². The zero-order valence-electron chi connectivity index (χ0n) is 3.66. The summed E-state index contributed by atoms with van der Waals surface area (Å²) in [5.74, 6) is 0. The predicted octanol–water partition coefficient (Wildman–Crippen LogP) is -2.19. The van der Waals surface area contributed by atoms with E-state index in [0.717, 1.165) is 0 Å². The predicted molar refractivity (Wildman–Crippen MR) is 16.7 cm³/mol. The molecular weight excluding hydrogens is 170 g/mol. The number of hydrogen-bond acceptors (Lipinski definition) is 4. The summed E-state index contributed by atoms with van der Waals surface area (Å²) in [5.41, 5.74) is 4.42. The molecular formula is CH4NO3PZn. The van der Waals surface area contributed by atoms with Crippen LogP contribution in [0.25, 0.3) is 0 Å². The molecule has 0 heterocycles. The van der Waals surface area contributed by atoms with E-state index in [1.807, 2.05) is 0 Å². The summed E-state index contributed by atoms with van der Waals surface area (Å²) in [7, 11) is -4.37. The summed E-state index contributed by atoms with van der Waals surface area (Å²) in [6, 6.07) is 0. The van der Waals surface area contributed by atoms with Crippen molar-refractivity contribution in [1.82, 2.24) is 0 Å². The summed E-state index contributed by atoms with van der Waals surface area (Å²) >= 11 is 0. The van der Waals surface area contributed by atoms with Crippen LogP contribution in [-0.4, -0.2) is 6.29 Å². The van der Waals surface area contributed by atoms with Crippen LogP contribution >= 0.6 is 7.60 Å². The van der Waals surface area contributed by atoms with Crippen molar-refractivity contribution in [1.29, 1.82) is 0 Å². The van der Waals surface area contributed by atoms with Gasteiger partial charge in [-0.3, -0.25) is 0 Å². The second-order valence-corrected chi connectivity index (χ2v) is 2.38.